The van der Waals surface area contributed by atoms with Crippen molar-refractivity contribution in [1.82, 2.24) is 0 Å². The number of nitrogens with two attached hydrogens (primary N) is 1. The summed E-state index contributed by atoms with van der Waals surface area (Å²) >= 11 is 0. The van der Waals surface area contributed by atoms with Gasteiger partial charge in [0.15, 0.2) is 6.23 Å². The highest BCUT2D eigenvalue weighted by Crippen LogP contribution is 2.55. The van der Waals surface area contributed by atoms with Crippen LogP contribution in [-0.4, -0.2) is 58.5 Å². The zero-order valence-corrected chi connectivity index (χ0v) is 13.7. The second-order valence-electron chi connectivity index (χ2n) is 3.86. The van der Waals surface area contributed by atoms with Crippen LogP contribution in [0.3, 0.4) is 0 Å². The molecule has 22 heavy (non-hydrogen) atoms. The molecule has 1 rings (SSSR count). The standard InChI is InChI=1S/C7H14BN2O9P3/c8-6-1-4(17-7(10)2-9)5(16-6)3-15-21(13)19-22(14)18-20(11)12/h4-7,11-14H,1,3,10H2/t4-,5?,6-,7?,21?,22?/m1/s1. The molecule has 2 radical (unpaired) electrons. The maximum absolute atomic E-state index is 9.41. The average Bonchev–Trinajstić information content (AvgIpc) is 2.75. The first kappa shape index (κ1) is 20.5. The zero-order valence-electron chi connectivity index (χ0n) is 11.0. The number of nitrogens with zero attached hydrogens (tertiary/aromatic N) is 1. The second-order valence-corrected chi connectivity index (χ2v) is 6.88. The molecule has 0 bridgehead atoms. The molecule has 4 unspecified atom stereocenters. The van der Waals surface area contributed by atoms with Crippen LogP contribution in [-0.2, 0) is 22.6 Å². The van der Waals surface area contributed by atoms with Gasteiger partial charge in [-0.1, -0.05) is 0 Å². The second kappa shape index (κ2) is 10.3. The van der Waals surface area contributed by atoms with E-state index >= 15 is 0 Å². The Balaban J connectivity index is 2.36. The van der Waals surface area contributed by atoms with E-state index < -0.39 is 50.2 Å². The van der Waals surface area contributed by atoms with Gasteiger partial charge in [-0.05, 0) is 6.42 Å². The van der Waals surface area contributed by atoms with Crippen LogP contribution in [0.5, 0.6) is 0 Å². The number of ether oxygens (including phenoxy) is 2. The van der Waals surface area contributed by atoms with E-state index in [4.69, 9.17) is 47.5 Å². The molecule has 6 atom stereocenters. The molecule has 1 heterocycles. The van der Waals surface area contributed by atoms with Crippen LogP contribution < -0.4 is 5.73 Å². The molecule has 1 fully saturated rings. The lowest BCUT2D eigenvalue weighted by molar-refractivity contribution is -0.0489. The predicted molar refractivity (Wildman–Crippen MR) is 75.3 cm³/mol. The Hall–Kier alpha value is 0.445. The van der Waals surface area contributed by atoms with Crippen LogP contribution in [0.1, 0.15) is 6.42 Å². The van der Waals surface area contributed by atoms with Gasteiger partial charge in [0.1, 0.15) is 20.0 Å². The first-order valence-corrected chi connectivity index (χ1v) is 9.11. The molecule has 15 heteroatoms. The fraction of sp³-hybridized carbons (Fsp3) is 0.857. The Kier molecular flexibility index (Phi) is 9.63. The highest BCUT2D eigenvalue weighted by atomic mass is 31.3. The van der Waals surface area contributed by atoms with E-state index in [2.05, 4.69) is 8.62 Å². The summed E-state index contributed by atoms with van der Waals surface area (Å²) in [5, 5.41) is 8.60. The normalized spacial score (nSPS) is 29.2. The van der Waals surface area contributed by atoms with Crippen molar-refractivity contribution < 1.29 is 42.2 Å². The molecule has 0 spiro atoms. The summed E-state index contributed by atoms with van der Waals surface area (Å²) in [5.41, 5.74) is 5.35. The molecule has 1 aliphatic rings. The van der Waals surface area contributed by atoms with E-state index in [1.807, 2.05) is 0 Å². The van der Waals surface area contributed by atoms with Crippen LogP contribution in [0.25, 0.3) is 0 Å². The number of hydrogen-bond donors (Lipinski definition) is 5. The molecule has 1 saturated heterocycles. The molecule has 124 valence electrons. The third-order valence-electron chi connectivity index (χ3n) is 2.31. The van der Waals surface area contributed by atoms with Crippen LogP contribution >= 0.6 is 25.8 Å². The van der Waals surface area contributed by atoms with Crippen LogP contribution in [0.2, 0.25) is 0 Å². The lowest BCUT2D eigenvalue weighted by Crippen LogP contribution is -2.35. The van der Waals surface area contributed by atoms with E-state index in [-0.39, 0.29) is 13.0 Å². The Labute approximate surface area is 131 Å². The van der Waals surface area contributed by atoms with Gasteiger partial charge in [-0.25, -0.2) is 8.62 Å². The van der Waals surface area contributed by atoms with Crippen molar-refractivity contribution in [2.75, 3.05) is 6.61 Å². The van der Waals surface area contributed by atoms with Crippen molar-refractivity contribution in [3.05, 3.63) is 0 Å². The predicted octanol–water partition coefficient (Wildman–Crippen LogP) is -0.837. The van der Waals surface area contributed by atoms with E-state index in [1.165, 1.54) is 0 Å². The quantitative estimate of drug-likeness (QED) is 0.193. The van der Waals surface area contributed by atoms with Gasteiger partial charge < -0.3 is 33.6 Å². The van der Waals surface area contributed by atoms with Gasteiger partial charge in [-0.15, -0.1) is 0 Å². The third-order valence-corrected chi connectivity index (χ3v) is 4.94. The molecule has 0 aromatic rings. The van der Waals surface area contributed by atoms with Gasteiger partial charge in [0.2, 0.25) is 0 Å². The smallest absolute Gasteiger partial charge is 0.344 e. The Bertz CT molecular complexity index is 378. The average molecular weight is 374 g/mol. The number of nitriles is 1. The minimum absolute atomic E-state index is 0.213. The fourth-order valence-electron chi connectivity index (χ4n) is 1.55. The minimum Gasteiger partial charge on any atom is -0.380 e. The summed E-state index contributed by atoms with van der Waals surface area (Å²) in [5.74, 6) is 0. The van der Waals surface area contributed by atoms with Gasteiger partial charge in [0.05, 0.1) is 12.7 Å². The lowest BCUT2D eigenvalue weighted by atomic mass is 9.96. The summed E-state index contributed by atoms with van der Waals surface area (Å²) in [6.45, 7) is -0.213. The third kappa shape index (κ3) is 7.82. The summed E-state index contributed by atoms with van der Waals surface area (Å²) < 4.78 is 24.0. The monoisotopic (exact) mass is 374 g/mol. The van der Waals surface area contributed by atoms with Gasteiger partial charge in [0, 0.05) is 6.00 Å². The molecule has 0 aromatic carbocycles. The van der Waals surface area contributed by atoms with Gasteiger partial charge in [-0.3, -0.25) is 5.73 Å². The van der Waals surface area contributed by atoms with Crippen LogP contribution in [0, 0.1) is 11.3 Å². The van der Waals surface area contributed by atoms with Crippen LogP contribution in [0.4, 0.5) is 0 Å². The molecular formula is C7H14BN2O9P3. The summed E-state index contributed by atoms with van der Waals surface area (Å²) in [6.07, 6.45) is -2.18. The molecule has 0 aliphatic carbocycles. The Morgan fingerprint density at radius 1 is 1.32 bits per heavy atom. The van der Waals surface area contributed by atoms with Gasteiger partial charge in [0.25, 0.3) is 0 Å². The summed E-state index contributed by atoms with van der Waals surface area (Å²) in [7, 11) is -2.48. The summed E-state index contributed by atoms with van der Waals surface area (Å²) in [4.78, 5) is 35.5. The molecular weight excluding hydrogens is 360 g/mol. The van der Waals surface area contributed by atoms with Gasteiger partial charge >= 0.3 is 25.8 Å². The highest BCUT2D eigenvalue weighted by molar-refractivity contribution is 7.60. The number of rotatable bonds is 9. The van der Waals surface area contributed by atoms with Crippen molar-refractivity contribution in [3.8, 4) is 6.07 Å². The Morgan fingerprint density at radius 3 is 2.59 bits per heavy atom. The first-order chi connectivity index (χ1) is 10.3. The minimum atomic E-state index is -2.82. The molecule has 0 amide bonds. The first-order valence-electron chi connectivity index (χ1n) is 5.68. The van der Waals surface area contributed by atoms with Gasteiger partial charge in [-0.2, -0.15) is 5.26 Å². The van der Waals surface area contributed by atoms with Crippen molar-refractivity contribution in [3.63, 3.8) is 0 Å². The van der Waals surface area contributed by atoms with E-state index in [0.717, 1.165) is 0 Å². The molecule has 1 aliphatic heterocycles. The number of hydrogen-bond acceptors (Lipinski definition) is 11. The molecule has 11 nitrogen and oxygen atoms in total. The summed E-state index contributed by atoms with van der Waals surface area (Å²) in [6, 6.07) is 1.05. The fourth-order valence-corrected chi connectivity index (χ4v) is 3.38. The largest absolute Gasteiger partial charge is 0.380 e. The van der Waals surface area contributed by atoms with E-state index in [9.17, 15) is 4.89 Å². The van der Waals surface area contributed by atoms with Crippen LogP contribution in [0.15, 0.2) is 0 Å². The molecule has 0 aromatic heterocycles. The molecule has 6 N–H and O–H groups in total. The molecule has 0 saturated carbocycles. The van der Waals surface area contributed by atoms with Crippen molar-refractivity contribution in [2.45, 2.75) is 30.9 Å². The zero-order chi connectivity index (χ0) is 16.7. The van der Waals surface area contributed by atoms with Crippen molar-refractivity contribution in [1.29, 1.82) is 5.26 Å². The SMILES string of the molecule is [B][C@H]1C[C@@H](OC(N)C#N)C(COP(O)OP(O)OP(O)O)O1. The van der Waals surface area contributed by atoms with Crippen molar-refractivity contribution >= 4 is 33.7 Å². The maximum atomic E-state index is 9.41. The lowest BCUT2D eigenvalue weighted by Gasteiger charge is -2.21. The Morgan fingerprint density at radius 2 is 2.00 bits per heavy atom. The van der Waals surface area contributed by atoms with Crippen molar-refractivity contribution in [2.24, 2.45) is 5.73 Å². The maximum Gasteiger partial charge on any atom is 0.344 e. The van der Waals surface area contributed by atoms with E-state index in [1.54, 1.807) is 6.07 Å². The highest BCUT2D eigenvalue weighted by Gasteiger charge is 2.36. The topological polar surface area (TPSA) is 177 Å². The van der Waals surface area contributed by atoms with E-state index in [0.29, 0.717) is 0 Å².